The van der Waals surface area contributed by atoms with Gasteiger partial charge in [0.15, 0.2) is 0 Å². The number of halogens is 2. The molecular weight excluding hydrogens is 275 g/mol. The molecule has 1 nitrogen and oxygen atoms in total. The number of ketones is 1. The van der Waals surface area contributed by atoms with Gasteiger partial charge in [0.05, 0.1) is 0 Å². The summed E-state index contributed by atoms with van der Waals surface area (Å²) in [5, 5.41) is 0.305. The number of carbonyl (C=O) groups excluding carboxylic acids is 1. The molecule has 0 spiro atoms. The molecular formula is C17H16ClFO. The fourth-order valence-electron chi connectivity index (χ4n) is 2.26. The maximum absolute atomic E-state index is 13.0. The third kappa shape index (κ3) is 3.45. The van der Waals surface area contributed by atoms with E-state index >= 15 is 0 Å². The molecule has 0 amide bonds. The minimum absolute atomic E-state index is 0.0795. The summed E-state index contributed by atoms with van der Waals surface area (Å²) in [6, 6.07) is 10.1. The Bertz CT molecular complexity index is 629. The highest BCUT2D eigenvalue weighted by molar-refractivity contribution is 6.31. The second-order valence-electron chi connectivity index (χ2n) is 5.00. The van der Waals surface area contributed by atoms with E-state index < -0.39 is 0 Å². The average Bonchev–Trinajstić information content (AvgIpc) is 2.37. The number of carbonyl (C=O) groups is 1. The third-order valence-electron chi connectivity index (χ3n) is 3.42. The van der Waals surface area contributed by atoms with Crippen LogP contribution in [-0.2, 0) is 17.6 Å². The van der Waals surface area contributed by atoms with Crippen LogP contribution in [0.5, 0.6) is 0 Å². The molecule has 0 aliphatic rings. The fourth-order valence-corrected chi connectivity index (χ4v) is 2.50. The smallest absolute Gasteiger partial charge is 0.141 e. The third-order valence-corrected chi connectivity index (χ3v) is 3.77. The zero-order valence-corrected chi connectivity index (χ0v) is 12.3. The Morgan fingerprint density at radius 2 is 1.75 bits per heavy atom. The van der Waals surface area contributed by atoms with Crippen LogP contribution in [0.1, 0.15) is 22.3 Å². The Kier molecular flexibility index (Phi) is 4.56. The second-order valence-corrected chi connectivity index (χ2v) is 5.41. The lowest BCUT2D eigenvalue weighted by Crippen LogP contribution is -2.09. The van der Waals surface area contributed by atoms with Gasteiger partial charge in [0, 0.05) is 17.9 Å². The summed E-state index contributed by atoms with van der Waals surface area (Å²) in [6.07, 6.45) is 0.610. The van der Waals surface area contributed by atoms with Crippen LogP contribution in [0.4, 0.5) is 4.39 Å². The summed E-state index contributed by atoms with van der Waals surface area (Å²) in [5.41, 5.74) is 3.96. The van der Waals surface area contributed by atoms with Crippen molar-refractivity contribution in [2.45, 2.75) is 26.7 Å². The number of rotatable bonds is 4. The van der Waals surface area contributed by atoms with Crippen LogP contribution in [0.2, 0.25) is 5.02 Å². The minimum Gasteiger partial charge on any atom is -0.299 e. The molecule has 2 rings (SSSR count). The van der Waals surface area contributed by atoms with Gasteiger partial charge in [-0.15, -0.1) is 0 Å². The van der Waals surface area contributed by atoms with Crippen molar-refractivity contribution in [1.29, 1.82) is 0 Å². The van der Waals surface area contributed by atoms with Crippen LogP contribution in [0.3, 0.4) is 0 Å². The van der Waals surface area contributed by atoms with Gasteiger partial charge in [0.2, 0.25) is 0 Å². The van der Waals surface area contributed by atoms with Crippen molar-refractivity contribution in [2.75, 3.05) is 0 Å². The van der Waals surface area contributed by atoms with Crippen molar-refractivity contribution in [2.24, 2.45) is 0 Å². The number of Topliss-reactive ketones (excluding diaryl/α,β-unsaturated/α-hetero) is 1. The highest BCUT2D eigenvalue weighted by atomic mass is 35.5. The number of aryl methyl sites for hydroxylation is 2. The van der Waals surface area contributed by atoms with Gasteiger partial charge in [-0.3, -0.25) is 4.79 Å². The first-order chi connectivity index (χ1) is 9.47. The SMILES string of the molecule is Cc1cccc(C)c1CC(=O)Cc1ccc(F)cc1Cl. The summed E-state index contributed by atoms with van der Waals surface area (Å²) < 4.78 is 13.0. The van der Waals surface area contributed by atoms with Crippen LogP contribution in [-0.4, -0.2) is 5.78 Å². The molecule has 2 aromatic carbocycles. The molecule has 0 fully saturated rings. The molecule has 104 valence electrons. The monoisotopic (exact) mass is 290 g/mol. The summed E-state index contributed by atoms with van der Waals surface area (Å²) >= 11 is 5.95. The molecule has 0 heterocycles. The van der Waals surface area contributed by atoms with Crippen molar-refractivity contribution in [1.82, 2.24) is 0 Å². The summed E-state index contributed by atoms with van der Waals surface area (Å²) in [7, 11) is 0. The van der Waals surface area contributed by atoms with E-state index in [1.54, 1.807) is 6.07 Å². The van der Waals surface area contributed by atoms with E-state index in [2.05, 4.69) is 0 Å². The maximum atomic E-state index is 13.0. The topological polar surface area (TPSA) is 17.1 Å². The van der Waals surface area contributed by atoms with Gasteiger partial charge in [-0.25, -0.2) is 4.39 Å². The Balaban J connectivity index is 2.13. The van der Waals surface area contributed by atoms with Gasteiger partial charge in [-0.05, 0) is 48.2 Å². The molecule has 0 N–H and O–H groups in total. The van der Waals surface area contributed by atoms with E-state index in [0.717, 1.165) is 16.7 Å². The van der Waals surface area contributed by atoms with Crippen LogP contribution >= 0.6 is 11.6 Å². The Morgan fingerprint density at radius 3 is 2.35 bits per heavy atom. The van der Waals surface area contributed by atoms with Gasteiger partial charge >= 0.3 is 0 Å². The lowest BCUT2D eigenvalue weighted by Gasteiger charge is -2.09. The summed E-state index contributed by atoms with van der Waals surface area (Å²) in [5.74, 6) is -0.308. The lowest BCUT2D eigenvalue weighted by atomic mass is 9.96. The van der Waals surface area contributed by atoms with Crippen LogP contribution in [0, 0.1) is 19.7 Å². The van der Waals surface area contributed by atoms with Gasteiger partial charge in [-0.2, -0.15) is 0 Å². The highest BCUT2D eigenvalue weighted by Crippen LogP contribution is 2.20. The largest absolute Gasteiger partial charge is 0.299 e. The van der Waals surface area contributed by atoms with Gasteiger partial charge < -0.3 is 0 Å². The molecule has 3 heteroatoms. The Labute approximate surface area is 123 Å². The first kappa shape index (κ1) is 14.7. The highest BCUT2D eigenvalue weighted by Gasteiger charge is 2.11. The first-order valence-electron chi connectivity index (χ1n) is 6.48. The van der Waals surface area contributed by atoms with Crippen molar-refractivity contribution in [3.05, 3.63) is 69.5 Å². The van der Waals surface area contributed by atoms with E-state index in [9.17, 15) is 9.18 Å². The normalized spacial score (nSPS) is 10.6. The average molecular weight is 291 g/mol. The van der Waals surface area contributed by atoms with E-state index in [4.69, 9.17) is 11.6 Å². The first-order valence-corrected chi connectivity index (χ1v) is 6.86. The van der Waals surface area contributed by atoms with Crippen molar-refractivity contribution in [3.8, 4) is 0 Å². The van der Waals surface area contributed by atoms with E-state index in [1.165, 1.54) is 12.1 Å². The number of hydrogen-bond acceptors (Lipinski definition) is 1. The molecule has 20 heavy (non-hydrogen) atoms. The van der Waals surface area contributed by atoms with Crippen LogP contribution < -0.4 is 0 Å². The molecule has 0 atom stereocenters. The number of hydrogen-bond donors (Lipinski definition) is 0. The van der Waals surface area contributed by atoms with Gasteiger partial charge in [0.25, 0.3) is 0 Å². The Morgan fingerprint density at radius 1 is 1.10 bits per heavy atom. The maximum Gasteiger partial charge on any atom is 0.141 e. The molecule has 0 radical (unpaired) electrons. The summed E-state index contributed by atoms with van der Waals surface area (Å²) in [6.45, 7) is 4.00. The molecule has 0 bridgehead atoms. The fraction of sp³-hybridized carbons (Fsp3) is 0.235. The van der Waals surface area contributed by atoms with Crippen LogP contribution in [0.25, 0.3) is 0 Å². The van der Waals surface area contributed by atoms with E-state index in [0.29, 0.717) is 17.0 Å². The molecule has 0 aliphatic heterocycles. The van der Waals surface area contributed by atoms with Gasteiger partial charge in [0.1, 0.15) is 11.6 Å². The molecule has 0 saturated heterocycles. The Hall–Kier alpha value is -1.67. The zero-order valence-electron chi connectivity index (χ0n) is 11.5. The van der Waals surface area contributed by atoms with Crippen molar-refractivity contribution >= 4 is 17.4 Å². The molecule has 0 aliphatic carbocycles. The van der Waals surface area contributed by atoms with E-state index in [-0.39, 0.29) is 18.0 Å². The van der Waals surface area contributed by atoms with Crippen molar-refractivity contribution < 1.29 is 9.18 Å². The standard InChI is InChI=1S/C17H16ClFO/c1-11-4-3-5-12(2)16(11)10-15(20)8-13-6-7-14(19)9-17(13)18/h3-7,9H,8,10H2,1-2H3. The molecule has 0 unspecified atom stereocenters. The summed E-state index contributed by atoms with van der Waals surface area (Å²) in [4.78, 5) is 12.2. The lowest BCUT2D eigenvalue weighted by molar-refractivity contribution is -0.117. The van der Waals surface area contributed by atoms with E-state index in [1.807, 2.05) is 32.0 Å². The van der Waals surface area contributed by atoms with Gasteiger partial charge in [-0.1, -0.05) is 35.9 Å². The molecule has 0 saturated carbocycles. The predicted octanol–water partition coefficient (Wildman–Crippen LogP) is 4.45. The zero-order chi connectivity index (χ0) is 14.7. The van der Waals surface area contributed by atoms with Crippen molar-refractivity contribution in [3.63, 3.8) is 0 Å². The quantitative estimate of drug-likeness (QED) is 0.813. The minimum atomic E-state index is -0.388. The number of benzene rings is 2. The molecule has 2 aromatic rings. The molecule has 0 aromatic heterocycles. The second kappa shape index (κ2) is 6.19. The van der Waals surface area contributed by atoms with Crippen LogP contribution in [0.15, 0.2) is 36.4 Å². The predicted molar refractivity (Wildman–Crippen MR) is 79.7 cm³/mol.